The van der Waals surface area contributed by atoms with Gasteiger partial charge in [-0.15, -0.1) is 0 Å². The molecule has 0 aliphatic heterocycles. The van der Waals surface area contributed by atoms with E-state index in [4.69, 9.17) is 4.74 Å². The number of aliphatic hydroxyl groups is 2. The number of allylic oxidation sites excluding steroid dienone is 4. The van der Waals surface area contributed by atoms with Gasteiger partial charge in [-0.3, -0.25) is 9.59 Å². The molecule has 0 aliphatic carbocycles. The Morgan fingerprint density at radius 2 is 0.833 bits per heavy atom. The largest absolute Gasteiger partial charge is 0.466 e. The molecule has 0 aromatic rings. The number of esters is 1. The molecule has 0 bridgehead atoms. The van der Waals surface area contributed by atoms with E-state index < -0.39 is 12.1 Å². The summed E-state index contributed by atoms with van der Waals surface area (Å²) in [5, 5.41) is 23.2. The molecule has 0 heterocycles. The highest BCUT2D eigenvalue weighted by atomic mass is 16.5. The standard InChI is InChI=1S/C54H103NO5/c1-3-5-7-9-11-13-15-17-19-21-23-28-32-36-40-44-48-54(59)60-49-45-41-37-33-29-25-24-27-31-35-39-43-47-53(58)55-51(50-56)52(57)46-42-38-34-30-26-22-20-18-16-14-12-10-8-6-4-2/h13,15,19,21,51-52,56-57H,3-12,14,16-18,20,22-50H2,1-2H3,(H,55,58)/b15-13-,21-19-. The molecule has 0 saturated heterocycles. The monoisotopic (exact) mass is 846 g/mol. The van der Waals surface area contributed by atoms with Crippen molar-refractivity contribution in [2.24, 2.45) is 0 Å². The van der Waals surface area contributed by atoms with Crippen LogP contribution in [0.1, 0.15) is 284 Å². The molecule has 6 nitrogen and oxygen atoms in total. The summed E-state index contributed by atoms with van der Waals surface area (Å²) in [4.78, 5) is 24.5. The van der Waals surface area contributed by atoms with Crippen molar-refractivity contribution in [3.63, 3.8) is 0 Å². The van der Waals surface area contributed by atoms with E-state index in [1.807, 2.05) is 0 Å². The Morgan fingerprint density at radius 3 is 1.28 bits per heavy atom. The van der Waals surface area contributed by atoms with Crippen LogP contribution < -0.4 is 5.32 Å². The number of carbonyl (C=O) groups excluding carboxylic acids is 2. The number of nitrogens with one attached hydrogen (secondary N) is 1. The molecule has 0 aromatic heterocycles. The molecule has 0 spiro atoms. The minimum Gasteiger partial charge on any atom is -0.466 e. The zero-order chi connectivity index (χ0) is 43.7. The molecule has 0 radical (unpaired) electrons. The summed E-state index contributed by atoms with van der Waals surface area (Å²) < 4.78 is 5.46. The number of hydrogen-bond acceptors (Lipinski definition) is 5. The fraction of sp³-hybridized carbons (Fsp3) is 0.889. The number of unbranched alkanes of at least 4 members (excludes halogenated alkanes) is 34. The second kappa shape index (κ2) is 50.0. The van der Waals surface area contributed by atoms with Crippen molar-refractivity contribution >= 4 is 11.9 Å². The predicted octanol–water partition coefficient (Wildman–Crippen LogP) is 15.9. The van der Waals surface area contributed by atoms with Gasteiger partial charge in [0.15, 0.2) is 0 Å². The van der Waals surface area contributed by atoms with E-state index in [1.165, 1.54) is 180 Å². The van der Waals surface area contributed by atoms with Crippen LogP contribution in [0.4, 0.5) is 0 Å². The average molecular weight is 846 g/mol. The van der Waals surface area contributed by atoms with E-state index >= 15 is 0 Å². The van der Waals surface area contributed by atoms with E-state index in [9.17, 15) is 19.8 Å². The van der Waals surface area contributed by atoms with E-state index in [2.05, 4.69) is 43.5 Å². The van der Waals surface area contributed by atoms with Crippen LogP contribution in [-0.2, 0) is 14.3 Å². The van der Waals surface area contributed by atoms with Crippen LogP contribution in [0.25, 0.3) is 0 Å². The SMILES string of the molecule is CCCCCC/C=C\C/C=C\CCCCCCCC(=O)OCCCCCCCCCCCCCCC(=O)NC(CO)C(O)CCCCCCCCCCCCCCCCC. The van der Waals surface area contributed by atoms with Crippen molar-refractivity contribution in [2.45, 2.75) is 296 Å². The van der Waals surface area contributed by atoms with Gasteiger partial charge in [-0.1, -0.05) is 237 Å². The third-order valence-corrected chi connectivity index (χ3v) is 12.3. The average Bonchev–Trinajstić information content (AvgIpc) is 3.25. The van der Waals surface area contributed by atoms with Gasteiger partial charge in [0.05, 0.1) is 25.4 Å². The molecule has 0 aromatic carbocycles. The normalized spacial score (nSPS) is 12.8. The first-order valence-corrected chi connectivity index (χ1v) is 26.6. The summed E-state index contributed by atoms with van der Waals surface area (Å²) in [5.74, 6) is -0.0731. The van der Waals surface area contributed by atoms with Crippen LogP contribution in [0.15, 0.2) is 24.3 Å². The van der Waals surface area contributed by atoms with Gasteiger partial charge in [0.1, 0.15) is 0 Å². The van der Waals surface area contributed by atoms with Gasteiger partial charge < -0.3 is 20.3 Å². The lowest BCUT2D eigenvalue weighted by Crippen LogP contribution is -2.45. The lowest BCUT2D eigenvalue weighted by atomic mass is 10.0. The molecule has 0 fully saturated rings. The van der Waals surface area contributed by atoms with Gasteiger partial charge in [-0.05, 0) is 57.8 Å². The molecular formula is C54H103NO5. The molecule has 3 N–H and O–H groups in total. The zero-order valence-corrected chi connectivity index (χ0v) is 40.2. The molecule has 6 heteroatoms. The molecule has 354 valence electrons. The first kappa shape index (κ1) is 58.3. The number of hydrogen-bond donors (Lipinski definition) is 3. The minimum atomic E-state index is -0.675. The first-order chi connectivity index (χ1) is 29.5. The smallest absolute Gasteiger partial charge is 0.305 e. The van der Waals surface area contributed by atoms with Crippen LogP contribution in [0, 0.1) is 0 Å². The summed E-state index contributed by atoms with van der Waals surface area (Å²) >= 11 is 0. The predicted molar refractivity (Wildman–Crippen MR) is 260 cm³/mol. The lowest BCUT2D eigenvalue weighted by Gasteiger charge is -2.22. The summed E-state index contributed by atoms with van der Waals surface area (Å²) in [5.41, 5.74) is 0. The molecule has 1 amide bonds. The summed E-state index contributed by atoms with van der Waals surface area (Å²) in [6, 6.07) is -0.553. The first-order valence-electron chi connectivity index (χ1n) is 26.6. The third kappa shape index (κ3) is 45.9. The Kier molecular flexibility index (Phi) is 48.6. The Bertz CT molecular complexity index is 935. The zero-order valence-electron chi connectivity index (χ0n) is 40.2. The topological polar surface area (TPSA) is 95.9 Å². The van der Waals surface area contributed by atoms with Gasteiger partial charge in [0.2, 0.25) is 5.91 Å². The Labute approximate surface area is 373 Å². The van der Waals surface area contributed by atoms with Crippen molar-refractivity contribution in [3.05, 3.63) is 24.3 Å². The van der Waals surface area contributed by atoms with Gasteiger partial charge in [-0.2, -0.15) is 0 Å². The van der Waals surface area contributed by atoms with Crippen LogP contribution in [0.5, 0.6) is 0 Å². The highest BCUT2D eigenvalue weighted by molar-refractivity contribution is 5.76. The number of ether oxygens (including phenoxy) is 1. The fourth-order valence-corrected chi connectivity index (χ4v) is 8.14. The number of aliphatic hydroxyl groups excluding tert-OH is 2. The summed E-state index contributed by atoms with van der Waals surface area (Å²) in [6.45, 7) is 4.90. The van der Waals surface area contributed by atoms with Crippen molar-refractivity contribution in [3.8, 4) is 0 Å². The highest BCUT2D eigenvalue weighted by Crippen LogP contribution is 2.16. The van der Waals surface area contributed by atoms with Crippen molar-refractivity contribution in [1.82, 2.24) is 5.32 Å². The maximum absolute atomic E-state index is 12.5. The van der Waals surface area contributed by atoms with E-state index in [1.54, 1.807) is 0 Å². The number of carbonyl (C=O) groups is 2. The van der Waals surface area contributed by atoms with Crippen LogP contribution in [0.3, 0.4) is 0 Å². The fourth-order valence-electron chi connectivity index (χ4n) is 8.14. The summed E-state index contributed by atoms with van der Waals surface area (Å²) in [6.07, 6.45) is 58.5. The second-order valence-electron chi connectivity index (χ2n) is 18.2. The maximum atomic E-state index is 12.5. The van der Waals surface area contributed by atoms with Crippen molar-refractivity contribution in [2.75, 3.05) is 13.2 Å². The van der Waals surface area contributed by atoms with E-state index in [0.717, 1.165) is 70.6 Å². The maximum Gasteiger partial charge on any atom is 0.305 e. The summed E-state index contributed by atoms with van der Waals surface area (Å²) in [7, 11) is 0. The second-order valence-corrected chi connectivity index (χ2v) is 18.2. The van der Waals surface area contributed by atoms with E-state index in [-0.39, 0.29) is 18.5 Å². The van der Waals surface area contributed by atoms with Gasteiger partial charge in [0, 0.05) is 12.8 Å². The van der Waals surface area contributed by atoms with Gasteiger partial charge >= 0.3 is 5.97 Å². The number of amides is 1. The number of rotatable bonds is 49. The third-order valence-electron chi connectivity index (χ3n) is 12.3. The van der Waals surface area contributed by atoms with Crippen LogP contribution in [0.2, 0.25) is 0 Å². The van der Waals surface area contributed by atoms with Crippen molar-refractivity contribution in [1.29, 1.82) is 0 Å². The molecule has 2 unspecified atom stereocenters. The Morgan fingerprint density at radius 1 is 0.467 bits per heavy atom. The molecule has 2 atom stereocenters. The molecule has 60 heavy (non-hydrogen) atoms. The van der Waals surface area contributed by atoms with Gasteiger partial charge in [-0.25, -0.2) is 0 Å². The molecular weight excluding hydrogens is 743 g/mol. The van der Waals surface area contributed by atoms with Crippen molar-refractivity contribution < 1.29 is 24.5 Å². The molecule has 0 rings (SSSR count). The minimum absolute atomic E-state index is 0.0225. The molecule has 0 aliphatic rings. The van der Waals surface area contributed by atoms with Crippen LogP contribution in [-0.4, -0.2) is 47.4 Å². The van der Waals surface area contributed by atoms with E-state index in [0.29, 0.717) is 25.9 Å². The highest BCUT2D eigenvalue weighted by Gasteiger charge is 2.20. The quantitative estimate of drug-likeness (QED) is 0.0322. The Hall–Kier alpha value is -1.66. The van der Waals surface area contributed by atoms with Crippen LogP contribution >= 0.6 is 0 Å². The van der Waals surface area contributed by atoms with Gasteiger partial charge in [0.25, 0.3) is 0 Å². The molecule has 0 saturated carbocycles. The lowest BCUT2D eigenvalue weighted by molar-refractivity contribution is -0.143. The Balaban J connectivity index is 3.47.